The quantitative estimate of drug-likeness (QED) is 0.102. The second-order valence-corrected chi connectivity index (χ2v) is 14.1. The number of fused-ring (bicyclic) bond motifs is 3. The lowest BCUT2D eigenvalue weighted by atomic mass is 10.1. The fourth-order valence-corrected chi connectivity index (χ4v) is 8.84. The number of halogens is 10. The molecule has 0 fully saturated rings. The van der Waals surface area contributed by atoms with Crippen molar-refractivity contribution in [3.8, 4) is 40.9 Å². The van der Waals surface area contributed by atoms with Gasteiger partial charge in [-0.2, -0.15) is 0 Å². The molecule has 0 spiro atoms. The number of thiazole rings is 4. The third-order valence-corrected chi connectivity index (χ3v) is 11.5. The van der Waals surface area contributed by atoms with Crippen LogP contribution in [0.2, 0.25) is 0 Å². The van der Waals surface area contributed by atoms with E-state index in [0.29, 0.717) is 62.9 Å². The number of hydrogen-bond donors (Lipinski definition) is 0. The van der Waals surface area contributed by atoms with Crippen molar-refractivity contribution in [2.45, 2.75) is 0 Å². The van der Waals surface area contributed by atoms with E-state index >= 15 is 0 Å². The minimum absolute atomic E-state index is 0.335. The molecule has 0 aliphatic carbocycles. The molecule has 0 unspecified atom stereocenters. The van der Waals surface area contributed by atoms with Crippen LogP contribution in [0.5, 0.6) is 0 Å². The minimum atomic E-state index is -2.27. The first-order valence-electron chi connectivity index (χ1n) is 13.0. The van der Waals surface area contributed by atoms with E-state index in [1.165, 1.54) is 35.1 Å². The normalized spacial score (nSPS) is 12.0. The Morgan fingerprint density at radius 1 is 0.375 bits per heavy atom. The lowest BCUT2D eigenvalue weighted by molar-refractivity contribution is 0.381. The van der Waals surface area contributed by atoms with E-state index in [9.17, 15) is 43.9 Å². The number of nitrogens with zero attached hydrogens (tertiary/aromatic N) is 4. The Labute approximate surface area is 275 Å². The first-order chi connectivity index (χ1) is 22.9. The van der Waals surface area contributed by atoms with Gasteiger partial charge in [0.1, 0.15) is 20.0 Å². The van der Waals surface area contributed by atoms with Crippen LogP contribution in [0.1, 0.15) is 0 Å². The summed E-state index contributed by atoms with van der Waals surface area (Å²) in [4.78, 5) is 17.6. The molecule has 240 valence electrons. The minimum Gasteiger partial charge on any atom is -0.244 e. The van der Waals surface area contributed by atoms with Crippen LogP contribution in [-0.2, 0) is 0 Å². The van der Waals surface area contributed by atoms with Crippen molar-refractivity contribution in [1.29, 1.82) is 0 Å². The monoisotopic (exact) mass is 740 g/mol. The molecular formula is C30H6F10N4S4. The van der Waals surface area contributed by atoms with Crippen LogP contribution in [0.3, 0.4) is 0 Å². The molecule has 0 radical (unpaired) electrons. The third-order valence-electron chi connectivity index (χ3n) is 7.13. The maximum Gasteiger partial charge on any atom is 0.200 e. The van der Waals surface area contributed by atoms with Crippen LogP contribution < -0.4 is 0 Å². The topological polar surface area (TPSA) is 51.6 Å². The maximum absolute atomic E-state index is 14.3. The van der Waals surface area contributed by atoms with Crippen molar-refractivity contribution in [1.82, 2.24) is 19.9 Å². The number of aromatic nitrogens is 4. The first-order valence-corrected chi connectivity index (χ1v) is 16.3. The zero-order valence-corrected chi connectivity index (χ0v) is 25.9. The van der Waals surface area contributed by atoms with Gasteiger partial charge >= 0.3 is 0 Å². The molecule has 0 N–H and O–H groups in total. The fourth-order valence-electron chi connectivity index (χ4n) is 4.87. The lowest BCUT2D eigenvalue weighted by Crippen LogP contribution is -2.03. The molecule has 4 heterocycles. The predicted molar refractivity (Wildman–Crippen MR) is 163 cm³/mol. The summed E-state index contributed by atoms with van der Waals surface area (Å²) in [6, 6.07) is 7.21. The number of benzene rings is 4. The second-order valence-electron chi connectivity index (χ2n) is 9.97. The van der Waals surface area contributed by atoms with Crippen molar-refractivity contribution < 1.29 is 43.9 Å². The molecule has 8 rings (SSSR count). The molecular weight excluding hydrogens is 735 g/mol. The smallest absolute Gasteiger partial charge is 0.200 e. The molecule has 4 aromatic heterocycles. The van der Waals surface area contributed by atoms with Crippen LogP contribution in [0.25, 0.3) is 72.1 Å². The van der Waals surface area contributed by atoms with Crippen molar-refractivity contribution in [2.24, 2.45) is 0 Å². The van der Waals surface area contributed by atoms with Crippen LogP contribution >= 0.6 is 45.3 Å². The van der Waals surface area contributed by atoms with Gasteiger partial charge in [-0.05, 0) is 35.0 Å². The van der Waals surface area contributed by atoms with Crippen LogP contribution in [0.4, 0.5) is 43.9 Å². The van der Waals surface area contributed by atoms with E-state index in [2.05, 4.69) is 19.9 Å². The van der Waals surface area contributed by atoms with Crippen molar-refractivity contribution in [3.63, 3.8) is 0 Å². The van der Waals surface area contributed by atoms with Gasteiger partial charge < -0.3 is 0 Å². The summed E-state index contributed by atoms with van der Waals surface area (Å²) in [6.07, 6.45) is 2.46. The summed E-state index contributed by atoms with van der Waals surface area (Å²) in [7, 11) is 0. The van der Waals surface area contributed by atoms with E-state index in [1.54, 1.807) is 12.1 Å². The summed E-state index contributed by atoms with van der Waals surface area (Å²) in [6.45, 7) is 0. The summed E-state index contributed by atoms with van der Waals surface area (Å²) < 4.78 is 141. The van der Waals surface area contributed by atoms with Crippen LogP contribution in [-0.4, -0.2) is 19.9 Å². The maximum atomic E-state index is 14.3. The third kappa shape index (κ3) is 4.61. The second kappa shape index (κ2) is 11.0. The Morgan fingerprint density at radius 2 is 0.708 bits per heavy atom. The molecule has 0 aliphatic rings. The van der Waals surface area contributed by atoms with Gasteiger partial charge in [-0.3, -0.25) is 0 Å². The first kappa shape index (κ1) is 30.8. The highest BCUT2D eigenvalue weighted by Gasteiger charge is 2.30. The molecule has 0 aliphatic heterocycles. The summed E-state index contributed by atoms with van der Waals surface area (Å²) >= 11 is 3.83. The van der Waals surface area contributed by atoms with Gasteiger partial charge in [0, 0.05) is 12.4 Å². The SMILES string of the molecule is Fc1c(F)c(F)c(-c2ncc(-c3nc4cc5cc6sc(-c7cnc(-c8c(F)c(F)c(F)c(F)c8F)s7)nc6cc5cc4s3)s2)c(F)c1F. The summed E-state index contributed by atoms with van der Waals surface area (Å²) in [5.41, 5.74) is -1.16. The highest BCUT2D eigenvalue weighted by Crippen LogP contribution is 2.43. The Balaban J connectivity index is 1.14. The standard InChI is InChI=1S/C30H6F10N4S4/c31-17-15(18(32)22(36)25(39)21(17)35)29-41-5-13(47-29)27-43-9-1-7-3-12-10(2-8(7)4-11(9)45-27)44-28(46-12)14-6-42-30(48-14)16-19(33)23(37)26(40)24(38)20(16)34/h1-6H. The Hall–Kier alpha value is -4.52. The average molecular weight is 741 g/mol. The summed E-state index contributed by atoms with van der Waals surface area (Å²) in [5.74, 6) is -20.8. The fraction of sp³-hybridized carbons (Fsp3) is 0. The predicted octanol–water partition coefficient (Wildman–Crippen LogP) is 11.0. The van der Waals surface area contributed by atoms with Crippen LogP contribution in [0, 0.1) is 58.2 Å². The van der Waals surface area contributed by atoms with Gasteiger partial charge in [-0.15, -0.1) is 45.3 Å². The zero-order chi connectivity index (χ0) is 33.8. The van der Waals surface area contributed by atoms with E-state index in [4.69, 9.17) is 0 Å². The Bertz CT molecular complexity index is 2350. The molecule has 4 aromatic carbocycles. The molecule has 0 saturated carbocycles. The van der Waals surface area contributed by atoms with Gasteiger partial charge in [0.05, 0.1) is 41.3 Å². The molecule has 0 bridgehead atoms. The lowest BCUT2D eigenvalue weighted by Gasteiger charge is -2.05. The molecule has 4 nitrogen and oxygen atoms in total. The molecule has 0 atom stereocenters. The van der Waals surface area contributed by atoms with Crippen LogP contribution in [0.15, 0.2) is 36.7 Å². The number of hydrogen-bond acceptors (Lipinski definition) is 8. The number of rotatable bonds is 4. The van der Waals surface area contributed by atoms with E-state index < -0.39 is 79.3 Å². The molecule has 48 heavy (non-hydrogen) atoms. The molecule has 18 heteroatoms. The van der Waals surface area contributed by atoms with Gasteiger partial charge in [0.15, 0.2) is 46.5 Å². The molecule has 8 aromatic rings. The Kier molecular flexibility index (Phi) is 7.06. The molecule has 0 amide bonds. The van der Waals surface area contributed by atoms with Crippen molar-refractivity contribution in [3.05, 3.63) is 94.8 Å². The van der Waals surface area contributed by atoms with E-state index in [0.717, 1.165) is 10.8 Å². The van der Waals surface area contributed by atoms with Gasteiger partial charge in [-0.25, -0.2) is 63.8 Å². The van der Waals surface area contributed by atoms with Crippen molar-refractivity contribution in [2.75, 3.05) is 0 Å². The summed E-state index contributed by atoms with van der Waals surface area (Å²) in [5, 5.41) is 1.46. The van der Waals surface area contributed by atoms with Crippen molar-refractivity contribution >= 4 is 76.6 Å². The van der Waals surface area contributed by atoms with Gasteiger partial charge in [0.25, 0.3) is 0 Å². The average Bonchev–Trinajstić information content (AvgIpc) is 3.89. The highest BCUT2D eigenvalue weighted by atomic mass is 32.1. The largest absolute Gasteiger partial charge is 0.244 e. The Morgan fingerprint density at radius 3 is 1.06 bits per heavy atom. The highest BCUT2D eigenvalue weighted by molar-refractivity contribution is 7.27. The van der Waals surface area contributed by atoms with Gasteiger partial charge in [0.2, 0.25) is 11.6 Å². The van der Waals surface area contributed by atoms with E-state index in [-0.39, 0.29) is 0 Å². The molecule has 0 saturated heterocycles. The zero-order valence-electron chi connectivity index (χ0n) is 22.7. The van der Waals surface area contributed by atoms with Gasteiger partial charge in [-0.1, -0.05) is 0 Å². The van der Waals surface area contributed by atoms with E-state index in [1.807, 2.05) is 12.1 Å².